The average molecular weight is 321 g/mol. The summed E-state index contributed by atoms with van der Waals surface area (Å²) in [5.41, 5.74) is 6.13. The van der Waals surface area contributed by atoms with Gasteiger partial charge in [0.05, 0.1) is 12.0 Å². The standard InChI is InChI=1S/C22H27NO/c1-23-21-13-17-9-5-4-7-15(17)11-19(21)18-10-14-6-2-3-8-16(14)12-20(18)22(23)24/h10-13,18-21H,2-9H2,1H3. The first kappa shape index (κ1) is 14.7. The molecule has 4 unspecified atom stereocenters. The highest BCUT2D eigenvalue weighted by Crippen LogP contribution is 2.48. The van der Waals surface area contributed by atoms with Gasteiger partial charge in [0.2, 0.25) is 5.91 Å². The maximum Gasteiger partial charge on any atom is 0.230 e. The van der Waals surface area contributed by atoms with Gasteiger partial charge in [0.25, 0.3) is 0 Å². The van der Waals surface area contributed by atoms with E-state index in [9.17, 15) is 4.79 Å². The number of amides is 1. The van der Waals surface area contributed by atoms with Crippen LogP contribution < -0.4 is 0 Å². The Morgan fingerprint density at radius 2 is 1.25 bits per heavy atom. The topological polar surface area (TPSA) is 20.3 Å². The molecule has 1 amide bonds. The van der Waals surface area contributed by atoms with Crippen molar-refractivity contribution in [3.63, 3.8) is 0 Å². The lowest BCUT2D eigenvalue weighted by Crippen LogP contribution is -2.54. The second-order valence-electron chi connectivity index (χ2n) is 8.30. The number of nitrogens with zero attached hydrogens (tertiary/aromatic N) is 1. The van der Waals surface area contributed by atoms with Gasteiger partial charge in [0.15, 0.2) is 0 Å². The van der Waals surface area contributed by atoms with E-state index in [1.807, 2.05) is 11.9 Å². The van der Waals surface area contributed by atoms with Gasteiger partial charge in [-0.2, -0.15) is 0 Å². The summed E-state index contributed by atoms with van der Waals surface area (Å²) in [5, 5.41) is 0. The zero-order valence-electron chi connectivity index (χ0n) is 14.6. The molecule has 1 saturated heterocycles. The van der Waals surface area contributed by atoms with Crippen molar-refractivity contribution in [3.05, 3.63) is 46.6 Å². The molecular weight excluding hydrogens is 294 g/mol. The number of rotatable bonds is 0. The summed E-state index contributed by atoms with van der Waals surface area (Å²) in [6.45, 7) is 0. The second kappa shape index (κ2) is 5.47. The summed E-state index contributed by atoms with van der Waals surface area (Å²) in [6, 6.07) is 0.269. The molecule has 0 N–H and O–H groups in total. The van der Waals surface area contributed by atoms with Crippen LogP contribution in [0.15, 0.2) is 46.6 Å². The number of likely N-dealkylation sites (N-methyl/N-ethyl adjacent to an activating group) is 1. The number of allylic oxidation sites excluding steroid dienone is 5. The molecule has 2 saturated carbocycles. The van der Waals surface area contributed by atoms with E-state index in [-0.39, 0.29) is 12.0 Å². The van der Waals surface area contributed by atoms with Gasteiger partial charge < -0.3 is 4.90 Å². The highest BCUT2D eigenvalue weighted by molar-refractivity contribution is 5.84. The van der Waals surface area contributed by atoms with Crippen molar-refractivity contribution >= 4 is 5.91 Å². The predicted molar refractivity (Wildman–Crippen MR) is 96.3 cm³/mol. The molecule has 0 radical (unpaired) electrons. The van der Waals surface area contributed by atoms with Crippen LogP contribution in [0, 0.1) is 17.8 Å². The average Bonchev–Trinajstić information content (AvgIpc) is 2.64. The first-order valence-corrected chi connectivity index (χ1v) is 9.82. The number of hydrogen-bond donors (Lipinski definition) is 0. The summed E-state index contributed by atoms with van der Waals surface area (Å²) in [6.07, 6.45) is 19.9. The van der Waals surface area contributed by atoms with E-state index < -0.39 is 0 Å². The number of hydrogen-bond acceptors (Lipinski definition) is 1. The van der Waals surface area contributed by atoms with E-state index in [4.69, 9.17) is 0 Å². The molecule has 0 aromatic carbocycles. The highest BCUT2D eigenvalue weighted by atomic mass is 16.2. The largest absolute Gasteiger partial charge is 0.338 e. The van der Waals surface area contributed by atoms with E-state index in [0.29, 0.717) is 17.7 Å². The lowest BCUT2D eigenvalue weighted by molar-refractivity contribution is -0.140. The van der Waals surface area contributed by atoms with Gasteiger partial charge in [0.1, 0.15) is 0 Å². The molecule has 0 spiro atoms. The van der Waals surface area contributed by atoms with Gasteiger partial charge in [-0.05, 0) is 73.7 Å². The van der Waals surface area contributed by atoms with Crippen LogP contribution in [0.3, 0.4) is 0 Å². The first-order chi connectivity index (χ1) is 11.7. The van der Waals surface area contributed by atoms with Crippen molar-refractivity contribution in [2.75, 3.05) is 7.05 Å². The van der Waals surface area contributed by atoms with Crippen molar-refractivity contribution in [2.45, 2.75) is 57.4 Å². The maximum absolute atomic E-state index is 13.1. The molecule has 0 aromatic rings. The molecule has 5 aliphatic rings. The fourth-order valence-corrected chi connectivity index (χ4v) is 5.65. The van der Waals surface area contributed by atoms with E-state index in [1.165, 1.54) is 62.5 Å². The summed E-state index contributed by atoms with van der Waals surface area (Å²) >= 11 is 0. The third-order valence-electron chi connectivity index (χ3n) is 6.98. The van der Waals surface area contributed by atoms with Gasteiger partial charge in [-0.15, -0.1) is 0 Å². The lowest BCUT2D eigenvalue weighted by Gasteiger charge is -2.48. The minimum Gasteiger partial charge on any atom is -0.338 e. The molecule has 0 aromatic heterocycles. The number of carbonyl (C=O) groups is 1. The van der Waals surface area contributed by atoms with Crippen molar-refractivity contribution in [1.29, 1.82) is 0 Å². The van der Waals surface area contributed by atoms with Crippen LogP contribution in [0.5, 0.6) is 0 Å². The Kier molecular flexibility index (Phi) is 3.36. The van der Waals surface area contributed by atoms with E-state index in [2.05, 4.69) is 24.3 Å². The Balaban J connectivity index is 1.56. The summed E-state index contributed by atoms with van der Waals surface area (Å²) in [5.74, 6) is 1.26. The Labute approximate surface area is 145 Å². The van der Waals surface area contributed by atoms with Crippen LogP contribution in [0.4, 0.5) is 0 Å². The van der Waals surface area contributed by atoms with Crippen LogP contribution in [0.25, 0.3) is 0 Å². The number of fused-ring (bicyclic) bond motifs is 5. The highest BCUT2D eigenvalue weighted by Gasteiger charge is 2.47. The molecule has 3 fully saturated rings. The fourth-order valence-electron chi connectivity index (χ4n) is 5.65. The van der Waals surface area contributed by atoms with Crippen molar-refractivity contribution < 1.29 is 4.79 Å². The second-order valence-corrected chi connectivity index (χ2v) is 8.30. The smallest absolute Gasteiger partial charge is 0.230 e. The summed E-state index contributed by atoms with van der Waals surface area (Å²) < 4.78 is 0. The quantitative estimate of drug-likeness (QED) is 0.640. The molecule has 4 atom stereocenters. The molecule has 1 heterocycles. The minimum atomic E-state index is 0.0727. The maximum atomic E-state index is 13.1. The van der Waals surface area contributed by atoms with Crippen LogP contribution in [-0.4, -0.2) is 23.9 Å². The number of piperidine rings is 1. The first-order valence-electron chi connectivity index (χ1n) is 9.82. The van der Waals surface area contributed by atoms with E-state index in [1.54, 1.807) is 11.1 Å². The Hall–Kier alpha value is -1.57. The van der Waals surface area contributed by atoms with E-state index in [0.717, 1.165) is 0 Å². The Morgan fingerprint density at radius 3 is 1.88 bits per heavy atom. The number of carbonyl (C=O) groups excluding carboxylic acids is 1. The van der Waals surface area contributed by atoms with Crippen LogP contribution >= 0.6 is 0 Å². The van der Waals surface area contributed by atoms with Gasteiger partial charge in [-0.25, -0.2) is 0 Å². The summed E-state index contributed by atoms with van der Waals surface area (Å²) in [7, 11) is 2.02. The third-order valence-corrected chi connectivity index (χ3v) is 6.98. The minimum absolute atomic E-state index is 0.0727. The monoisotopic (exact) mass is 321 g/mol. The Morgan fingerprint density at radius 1 is 0.750 bits per heavy atom. The van der Waals surface area contributed by atoms with Crippen LogP contribution in [0.1, 0.15) is 51.4 Å². The van der Waals surface area contributed by atoms with Crippen molar-refractivity contribution in [3.8, 4) is 0 Å². The SMILES string of the molecule is CN1C(=O)C2C=C3CCCCC3=CC2C2C=C3CCCCC3=CC21. The van der Waals surface area contributed by atoms with Crippen LogP contribution in [-0.2, 0) is 4.79 Å². The van der Waals surface area contributed by atoms with Crippen molar-refractivity contribution in [1.82, 2.24) is 4.90 Å². The molecule has 1 aliphatic heterocycles. The molecule has 24 heavy (non-hydrogen) atoms. The molecule has 0 bridgehead atoms. The molecular formula is C22H27NO. The summed E-state index contributed by atoms with van der Waals surface area (Å²) in [4.78, 5) is 15.1. The zero-order chi connectivity index (χ0) is 16.3. The molecule has 5 rings (SSSR count). The van der Waals surface area contributed by atoms with Crippen LogP contribution in [0.2, 0.25) is 0 Å². The van der Waals surface area contributed by atoms with Crippen molar-refractivity contribution in [2.24, 2.45) is 17.8 Å². The lowest BCUT2D eigenvalue weighted by atomic mass is 9.64. The van der Waals surface area contributed by atoms with Gasteiger partial charge in [0, 0.05) is 18.9 Å². The molecule has 2 heteroatoms. The molecule has 2 nitrogen and oxygen atoms in total. The zero-order valence-corrected chi connectivity index (χ0v) is 14.6. The molecule has 4 aliphatic carbocycles. The normalized spacial score (nSPS) is 37.9. The number of likely N-dealkylation sites (tertiary alicyclic amines) is 1. The predicted octanol–water partition coefficient (Wildman–Crippen LogP) is 4.56. The van der Waals surface area contributed by atoms with Gasteiger partial charge in [-0.3, -0.25) is 4.79 Å². The fraction of sp³-hybridized carbons (Fsp3) is 0.591. The molecule has 126 valence electrons. The Bertz CT molecular complexity index is 707. The van der Waals surface area contributed by atoms with Gasteiger partial charge >= 0.3 is 0 Å². The third kappa shape index (κ3) is 2.11. The van der Waals surface area contributed by atoms with Gasteiger partial charge in [-0.1, -0.05) is 24.3 Å². The van der Waals surface area contributed by atoms with E-state index >= 15 is 0 Å².